The predicted molar refractivity (Wildman–Crippen MR) is 154 cm³/mol. The summed E-state index contributed by atoms with van der Waals surface area (Å²) in [6.07, 6.45) is 5.82. The molecule has 0 radical (unpaired) electrons. The SMILES string of the molecule is COc1ccc(-n2ccc3c(=O)n(CC4CCN(C(=O)C5CC(O)CCN5c5ccccc5)CC4)cnc32)cc1. The lowest BCUT2D eigenvalue weighted by Gasteiger charge is -2.42. The lowest BCUT2D eigenvalue weighted by atomic mass is 9.93. The van der Waals surface area contributed by atoms with E-state index in [0.717, 1.165) is 30.0 Å². The normalized spacial score (nSPS) is 20.1. The number of anilines is 1. The third kappa shape index (κ3) is 5.09. The van der Waals surface area contributed by atoms with Crippen LogP contribution in [0.4, 0.5) is 5.69 Å². The van der Waals surface area contributed by atoms with Gasteiger partial charge in [-0.2, -0.15) is 0 Å². The number of nitrogens with zero attached hydrogens (tertiary/aromatic N) is 5. The molecular formula is C31H35N5O4. The van der Waals surface area contributed by atoms with Crippen molar-refractivity contribution in [3.05, 3.63) is 83.5 Å². The number of carbonyl (C=O) groups is 1. The van der Waals surface area contributed by atoms with Crippen molar-refractivity contribution in [3.8, 4) is 11.4 Å². The number of ether oxygens (including phenoxy) is 1. The molecule has 40 heavy (non-hydrogen) atoms. The van der Waals surface area contributed by atoms with Crippen LogP contribution >= 0.6 is 0 Å². The van der Waals surface area contributed by atoms with Gasteiger partial charge in [0.05, 0.1) is 24.9 Å². The molecule has 2 aromatic carbocycles. The maximum absolute atomic E-state index is 13.6. The van der Waals surface area contributed by atoms with E-state index in [4.69, 9.17) is 4.74 Å². The molecule has 0 saturated carbocycles. The number of amides is 1. The van der Waals surface area contributed by atoms with E-state index in [9.17, 15) is 14.7 Å². The molecule has 0 bridgehead atoms. The minimum atomic E-state index is -0.458. The van der Waals surface area contributed by atoms with E-state index in [-0.39, 0.29) is 23.4 Å². The van der Waals surface area contributed by atoms with E-state index in [1.54, 1.807) is 18.0 Å². The van der Waals surface area contributed by atoms with Crippen LogP contribution in [0.5, 0.6) is 5.75 Å². The van der Waals surface area contributed by atoms with Crippen LogP contribution < -0.4 is 15.2 Å². The molecule has 6 rings (SSSR count). The molecule has 2 aliphatic rings. The van der Waals surface area contributed by atoms with Gasteiger partial charge in [0, 0.05) is 50.2 Å². The molecule has 2 aliphatic heterocycles. The Bertz CT molecular complexity index is 1520. The van der Waals surface area contributed by atoms with Crippen LogP contribution in [0.25, 0.3) is 16.7 Å². The van der Waals surface area contributed by atoms with Gasteiger partial charge in [-0.15, -0.1) is 0 Å². The summed E-state index contributed by atoms with van der Waals surface area (Å²) in [5, 5.41) is 10.9. The molecule has 4 aromatic rings. The highest BCUT2D eigenvalue weighted by Gasteiger charge is 2.36. The zero-order valence-electron chi connectivity index (χ0n) is 22.7. The van der Waals surface area contributed by atoms with Crippen LogP contribution in [-0.4, -0.2) is 68.9 Å². The van der Waals surface area contributed by atoms with Gasteiger partial charge >= 0.3 is 0 Å². The first kappa shape index (κ1) is 26.1. The van der Waals surface area contributed by atoms with Crippen molar-refractivity contribution in [1.82, 2.24) is 19.0 Å². The third-order valence-corrected chi connectivity index (χ3v) is 8.35. The van der Waals surface area contributed by atoms with Crippen molar-refractivity contribution in [2.45, 2.75) is 44.4 Å². The van der Waals surface area contributed by atoms with Crippen LogP contribution in [0, 0.1) is 5.92 Å². The van der Waals surface area contributed by atoms with Crippen molar-refractivity contribution in [3.63, 3.8) is 0 Å². The molecule has 0 aliphatic carbocycles. The Hall–Kier alpha value is -4.11. The first-order chi connectivity index (χ1) is 19.5. The zero-order chi connectivity index (χ0) is 27.6. The van der Waals surface area contributed by atoms with Gasteiger partial charge in [-0.3, -0.25) is 14.2 Å². The second-order valence-corrected chi connectivity index (χ2v) is 10.8. The molecule has 2 atom stereocenters. The van der Waals surface area contributed by atoms with Gasteiger partial charge in [-0.05, 0) is 67.6 Å². The van der Waals surface area contributed by atoms with E-state index in [1.165, 1.54) is 0 Å². The Morgan fingerprint density at radius 3 is 2.45 bits per heavy atom. The number of fused-ring (bicyclic) bond motifs is 1. The summed E-state index contributed by atoms with van der Waals surface area (Å²) in [7, 11) is 1.63. The highest BCUT2D eigenvalue weighted by molar-refractivity contribution is 5.86. The van der Waals surface area contributed by atoms with E-state index < -0.39 is 6.10 Å². The smallest absolute Gasteiger partial charge is 0.262 e. The Morgan fingerprint density at radius 1 is 0.975 bits per heavy atom. The summed E-state index contributed by atoms with van der Waals surface area (Å²) in [6, 6.07) is 19.1. The topological polar surface area (TPSA) is 92.8 Å². The van der Waals surface area contributed by atoms with Crippen molar-refractivity contribution in [2.24, 2.45) is 5.92 Å². The number of hydrogen-bond donors (Lipinski definition) is 1. The van der Waals surface area contributed by atoms with Crippen molar-refractivity contribution < 1.29 is 14.6 Å². The number of benzene rings is 2. The average molecular weight is 542 g/mol. The zero-order valence-corrected chi connectivity index (χ0v) is 22.7. The monoisotopic (exact) mass is 541 g/mol. The molecular weight excluding hydrogens is 506 g/mol. The summed E-state index contributed by atoms with van der Waals surface area (Å²) >= 11 is 0. The molecule has 1 N–H and O–H groups in total. The molecule has 208 valence electrons. The van der Waals surface area contributed by atoms with E-state index in [0.29, 0.717) is 50.1 Å². The van der Waals surface area contributed by atoms with Crippen LogP contribution in [0.15, 0.2) is 78.0 Å². The third-order valence-electron chi connectivity index (χ3n) is 8.35. The average Bonchev–Trinajstić information content (AvgIpc) is 3.44. The molecule has 2 saturated heterocycles. The van der Waals surface area contributed by atoms with Crippen LogP contribution in [0.3, 0.4) is 0 Å². The Balaban J connectivity index is 1.12. The second-order valence-electron chi connectivity index (χ2n) is 10.8. The molecule has 2 fully saturated rings. The lowest BCUT2D eigenvalue weighted by molar-refractivity contribution is -0.135. The number of piperidine rings is 2. The fourth-order valence-corrected chi connectivity index (χ4v) is 6.07. The van der Waals surface area contributed by atoms with Gasteiger partial charge in [-0.25, -0.2) is 4.98 Å². The molecule has 1 amide bonds. The summed E-state index contributed by atoms with van der Waals surface area (Å²) in [5.74, 6) is 1.14. The quantitative estimate of drug-likeness (QED) is 0.402. The fourth-order valence-electron chi connectivity index (χ4n) is 6.07. The standard InChI is InChI=1S/C31H35N5O4/c1-40-26-9-7-24(8-10-26)36-18-14-27-29(36)32-21-34(30(27)38)20-22-11-15-33(16-12-22)31(39)28-19-25(37)13-17-35(28)23-5-3-2-4-6-23/h2-10,14,18,21-22,25,28,37H,11-13,15-17,19-20H2,1H3. The number of aromatic nitrogens is 3. The number of aliphatic hydroxyl groups excluding tert-OH is 1. The van der Waals surface area contributed by atoms with E-state index in [2.05, 4.69) is 9.88 Å². The van der Waals surface area contributed by atoms with Crippen molar-refractivity contribution >= 4 is 22.6 Å². The number of likely N-dealkylation sites (tertiary alicyclic amines) is 1. The van der Waals surface area contributed by atoms with Gasteiger partial charge in [-0.1, -0.05) is 18.2 Å². The number of rotatable bonds is 6. The highest BCUT2D eigenvalue weighted by atomic mass is 16.5. The lowest BCUT2D eigenvalue weighted by Crippen LogP contribution is -2.55. The summed E-state index contributed by atoms with van der Waals surface area (Å²) in [4.78, 5) is 35.6. The van der Waals surface area contributed by atoms with Crippen molar-refractivity contribution in [2.75, 3.05) is 31.6 Å². The van der Waals surface area contributed by atoms with Crippen molar-refractivity contribution in [1.29, 1.82) is 0 Å². The van der Waals surface area contributed by atoms with E-state index in [1.807, 2.05) is 76.3 Å². The van der Waals surface area contributed by atoms with Gasteiger partial charge in [0.15, 0.2) is 5.65 Å². The Morgan fingerprint density at radius 2 is 1.73 bits per heavy atom. The fraction of sp³-hybridized carbons (Fsp3) is 0.387. The largest absolute Gasteiger partial charge is 0.497 e. The minimum absolute atomic E-state index is 0.0505. The molecule has 9 heteroatoms. The highest BCUT2D eigenvalue weighted by Crippen LogP contribution is 2.28. The van der Waals surface area contributed by atoms with Gasteiger partial charge in [0.2, 0.25) is 5.91 Å². The molecule has 2 unspecified atom stereocenters. The van der Waals surface area contributed by atoms with Crippen LogP contribution in [0.2, 0.25) is 0 Å². The maximum Gasteiger partial charge on any atom is 0.262 e. The molecule has 9 nitrogen and oxygen atoms in total. The molecule has 0 spiro atoms. The van der Waals surface area contributed by atoms with Gasteiger partial charge in [0.1, 0.15) is 11.8 Å². The minimum Gasteiger partial charge on any atom is -0.497 e. The van der Waals surface area contributed by atoms with Gasteiger partial charge < -0.3 is 24.2 Å². The predicted octanol–water partition coefficient (Wildman–Crippen LogP) is 3.46. The molecule has 4 heterocycles. The number of hydrogen-bond acceptors (Lipinski definition) is 6. The van der Waals surface area contributed by atoms with Crippen LogP contribution in [0.1, 0.15) is 25.7 Å². The first-order valence-corrected chi connectivity index (χ1v) is 14.0. The first-order valence-electron chi connectivity index (χ1n) is 14.0. The summed E-state index contributed by atoms with van der Waals surface area (Å²) in [6.45, 7) is 2.54. The van der Waals surface area contributed by atoms with E-state index >= 15 is 0 Å². The number of aliphatic hydroxyl groups is 1. The Labute approximate surface area is 233 Å². The van der Waals surface area contributed by atoms with Gasteiger partial charge in [0.25, 0.3) is 5.56 Å². The number of carbonyl (C=O) groups excluding carboxylic acids is 1. The number of para-hydroxylation sites is 1. The van der Waals surface area contributed by atoms with Crippen LogP contribution in [-0.2, 0) is 11.3 Å². The summed E-state index contributed by atoms with van der Waals surface area (Å²) in [5.41, 5.74) is 2.51. The maximum atomic E-state index is 13.6. The summed E-state index contributed by atoms with van der Waals surface area (Å²) < 4.78 is 8.86. The molecule has 2 aromatic heterocycles. The number of methoxy groups -OCH3 is 1. The second kappa shape index (κ2) is 11.2. The Kier molecular flexibility index (Phi) is 7.30.